The Balaban J connectivity index is 2.08. The molecule has 21 heavy (non-hydrogen) atoms. The molecule has 1 saturated carbocycles. The number of hydrogen-bond acceptors (Lipinski definition) is 2. The first-order valence-electron chi connectivity index (χ1n) is 7.84. The van der Waals surface area contributed by atoms with E-state index in [2.05, 4.69) is 20.8 Å². The van der Waals surface area contributed by atoms with Crippen molar-refractivity contribution in [2.75, 3.05) is 7.11 Å². The van der Waals surface area contributed by atoms with Crippen LogP contribution in [0.25, 0.3) is 0 Å². The van der Waals surface area contributed by atoms with Gasteiger partial charge in [0.1, 0.15) is 11.6 Å². The van der Waals surface area contributed by atoms with Gasteiger partial charge in [0.25, 0.3) is 0 Å². The standard InChI is InChI=1S/C18H27FO2/c1-18(2,3)13-7-5-12(6-8-13)17(20)15-11-14(19)9-10-16(15)21-4/h9-13,17,20H,5-8H2,1-4H3. The van der Waals surface area contributed by atoms with Crippen LogP contribution in [0.1, 0.15) is 58.1 Å². The largest absolute Gasteiger partial charge is 0.496 e. The van der Waals surface area contributed by atoms with Crippen molar-refractivity contribution < 1.29 is 14.2 Å². The highest BCUT2D eigenvalue weighted by atomic mass is 19.1. The van der Waals surface area contributed by atoms with Crippen molar-refractivity contribution in [2.45, 2.75) is 52.6 Å². The molecular formula is C18H27FO2. The van der Waals surface area contributed by atoms with Crippen LogP contribution in [-0.2, 0) is 0 Å². The van der Waals surface area contributed by atoms with Gasteiger partial charge in [-0.05, 0) is 61.1 Å². The lowest BCUT2D eigenvalue weighted by Crippen LogP contribution is -2.28. The van der Waals surface area contributed by atoms with E-state index in [4.69, 9.17) is 4.74 Å². The summed E-state index contributed by atoms with van der Waals surface area (Å²) in [6.45, 7) is 6.85. The molecule has 0 aliphatic heterocycles. The van der Waals surface area contributed by atoms with E-state index in [0.717, 1.165) is 25.7 Å². The molecule has 1 aromatic rings. The Morgan fingerprint density at radius 2 is 1.81 bits per heavy atom. The topological polar surface area (TPSA) is 29.5 Å². The Labute approximate surface area is 127 Å². The number of aliphatic hydroxyl groups is 1. The second kappa shape index (κ2) is 6.35. The average molecular weight is 294 g/mol. The molecule has 0 spiro atoms. The fraction of sp³-hybridized carbons (Fsp3) is 0.667. The molecule has 0 amide bonds. The van der Waals surface area contributed by atoms with Crippen LogP contribution < -0.4 is 4.74 Å². The van der Waals surface area contributed by atoms with Crippen LogP contribution in [0.2, 0.25) is 0 Å². The summed E-state index contributed by atoms with van der Waals surface area (Å²) in [5.41, 5.74) is 0.906. The van der Waals surface area contributed by atoms with Crippen LogP contribution in [0.5, 0.6) is 5.75 Å². The van der Waals surface area contributed by atoms with Crippen LogP contribution in [0.15, 0.2) is 18.2 Å². The van der Waals surface area contributed by atoms with Crippen LogP contribution >= 0.6 is 0 Å². The van der Waals surface area contributed by atoms with E-state index in [1.807, 2.05) is 0 Å². The summed E-state index contributed by atoms with van der Waals surface area (Å²) in [7, 11) is 1.56. The van der Waals surface area contributed by atoms with Crippen molar-refractivity contribution in [3.8, 4) is 5.75 Å². The zero-order valence-electron chi connectivity index (χ0n) is 13.5. The fourth-order valence-electron chi connectivity index (χ4n) is 3.49. The van der Waals surface area contributed by atoms with Gasteiger partial charge in [-0.15, -0.1) is 0 Å². The molecule has 2 nitrogen and oxygen atoms in total. The average Bonchev–Trinajstić information content (AvgIpc) is 2.45. The van der Waals surface area contributed by atoms with Crippen molar-refractivity contribution in [1.29, 1.82) is 0 Å². The minimum atomic E-state index is -0.642. The first kappa shape index (κ1) is 16.3. The van der Waals surface area contributed by atoms with Crippen molar-refractivity contribution in [1.82, 2.24) is 0 Å². The van der Waals surface area contributed by atoms with E-state index in [0.29, 0.717) is 22.6 Å². The number of aliphatic hydroxyl groups excluding tert-OH is 1. The number of halogens is 1. The third-order valence-electron chi connectivity index (χ3n) is 4.95. The lowest BCUT2D eigenvalue weighted by molar-refractivity contribution is 0.0511. The van der Waals surface area contributed by atoms with Gasteiger partial charge in [0.05, 0.1) is 13.2 Å². The zero-order valence-corrected chi connectivity index (χ0v) is 13.5. The predicted octanol–water partition coefficient (Wildman–Crippen LogP) is 4.72. The highest BCUT2D eigenvalue weighted by Crippen LogP contribution is 2.44. The van der Waals surface area contributed by atoms with Gasteiger partial charge in [-0.1, -0.05) is 20.8 Å². The first-order valence-corrected chi connectivity index (χ1v) is 7.84. The van der Waals surface area contributed by atoms with Crippen molar-refractivity contribution in [2.24, 2.45) is 17.3 Å². The Hall–Kier alpha value is -1.09. The zero-order chi connectivity index (χ0) is 15.6. The van der Waals surface area contributed by atoms with Crippen LogP contribution in [0.3, 0.4) is 0 Å². The molecule has 0 bridgehead atoms. The normalized spacial score (nSPS) is 24.7. The molecule has 1 aliphatic rings. The number of methoxy groups -OCH3 is 1. The van der Waals surface area contributed by atoms with Crippen LogP contribution in [-0.4, -0.2) is 12.2 Å². The molecule has 1 N–H and O–H groups in total. The van der Waals surface area contributed by atoms with Gasteiger partial charge in [-0.2, -0.15) is 0 Å². The molecule has 1 aromatic carbocycles. The van der Waals surface area contributed by atoms with E-state index in [9.17, 15) is 9.50 Å². The SMILES string of the molecule is COc1ccc(F)cc1C(O)C1CCC(C(C)(C)C)CC1. The molecule has 1 atom stereocenters. The summed E-state index contributed by atoms with van der Waals surface area (Å²) >= 11 is 0. The summed E-state index contributed by atoms with van der Waals surface area (Å²) in [5, 5.41) is 10.6. The van der Waals surface area contributed by atoms with E-state index in [-0.39, 0.29) is 11.7 Å². The predicted molar refractivity (Wildman–Crippen MR) is 82.8 cm³/mol. The summed E-state index contributed by atoms with van der Waals surface area (Å²) in [6, 6.07) is 4.36. The molecule has 1 fully saturated rings. The number of rotatable bonds is 3. The highest BCUT2D eigenvalue weighted by Gasteiger charge is 2.33. The van der Waals surface area contributed by atoms with Gasteiger partial charge >= 0.3 is 0 Å². The minimum Gasteiger partial charge on any atom is -0.496 e. The molecule has 0 saturated heterocycles. The number of ether oxygens (including phenoxy) is 1. The maximum atomic E-state index is 13.5. The fourth-order valence-corrected chi connectivity index (χ4v) is 3.49. The first-order chi connectivity index (χ1) is 9.82. The van der Waals surface area contributed by atoms with Crippen molar-refractivity contribution in [3.63, 3.8) is 0 Å². The summed E-state index contributed by atoms with van der Waals surface area (Å²) in [6.07, 6.45) is 3.59. The summed E-state index contributed by atoms with van der Waals surface area (Å²) < 4.78 is 18.7. The molecular weight excluding hydrogens is 267 g/mol. The maximum absolute atomic E-state index is 13.5. The molecule has 1 aliphatic carbocycles. The van der Waals surface area contributed by atoms with E-state index >= 15 is 0 Å². The van der Waals surface area contributed by atoms with Crippen LogP contribution in [0.4, 0.5) is 4.39 Å². The molecule has 3 heteroatoms. The lowest BCUT2D eigenvalue weighted by Gasteiger charge is -2.38. The summed E-state index contributed by atoms with van der Waals surface area (Å²) in [5.74, 6) is 1.14. The lowest BCUT2D eigenvalue weighted by atomic mass is 9.68. The van der Waals surface area contributed by atoms with E-state index in [1.54, 1.807) is 13.2 Å². The molecule has 0 aromatic heterocycles. The Morgan fingerprint density at radius 3 is 2.33 bits per heavy atom. The third kappa shape index (κ3) is 3.76. The van der Waals surface area contributed by atoms with Gasteiger partial charge in [-0.3, -0.25) is 0 Å². The summed E-state index contributed by atoms with van der Waals surface area (Å²) in [4.78, 5) is 0. The number of hydrogen-bond donors (Lipinski definition) is 1. The molecule has 118 valence electrons. The van der Waals surface area contributed by atoms with E-state index < -0.39 is 6.10 Å². The Morgan fingerprint density at radius 1 is 1.19 bits per heavy atom. The number of benzene rings is 1. The van der Waals surface area contributed by atoms with Crippen LogP contribution in [0, 0.1) is 23.1 Å². The van der Waals surface area contributed by atoms with Gasteiger partial charge in [0.15, 0.2) is 0 Å². The Bertz CT molecular complexity index is 471. The Kier molecular flexibility index (Phi) is 4.92. The third-order valence-corrected chi connectivity index (χ3v) is 4.95. The molecule has 2 rings (SSSR count). The molecule has 0 radical (unpaired) electrons. The highest BCUT2D eigenvalue weighted by molar-refractivity contribution is 5.36. The second-order valence-corrected chi connectivity index (χ2v) is 7.31. The van der Waals surface area contributed by atoms with Gasteiger partial charge in [-0.25, -0.2) is 4.39 Å². The quantitative estimate of drug-likeness (QED) is 0.874. The minimum absolute atomic E-state index is 0.194. The van der Waals surface area contributed by atoms with Crippen molar-refractivity contribution >= 4 is 0 Å². The van der Waals surface area contributed by atoms with Crippen molar-refractivity contribution in [3.05, 3.63) is 29.6 Å². The van der Waals surface area contributed by atoms with Gasteiger partial charge < -0.3 is 9.84 Å². The molecule has 1 unspecified atom stereocenters. The van der Waals surface area contributed by atoms with E-state index in [1.165, 1.54) is 12.1 Å². The van der Waals surface area contributed by atoms with Gasteiger partial charge in [0.2, 0.25) is 0 Å². The maximum Gasteiger partial charge on any atom is 0.124 e. The molecule has 0 heterocycles. The monoisotopic (exact) mass is 294 g/mol. The van der Waals surface area contributed by atoms with Gasteiger partial charge in [0, 0.05) is 5.56 Å². The second-order valence-electron chi connectivity index (χ2n) is 7.31. The smallest absolute Gasteiger partial charge is 0.124 e.